The summed E-state index contributed by atoms with van der Waals surface area (Å²) in [6.45, 7) is 5.56. The first kappa shape index (κ1) is 23.5. The van der Waals surface area contributed by atoms with Gasteiger partial charge < -0.3 is 20.2 Å². The van der Waals surface area contributed by atoms with Crippen LogP contribution < -0.4 is 25.6 Å². The van der Waals surface area contributed by atoms with E-state index in [2.05, 4.69) is 28.8 Å². The molecule has 0 spiro atoms. The van der Waals surface area contributed by atoms with Crippen LogP contribution in [0.5, 0.6) is 11.5 Å². The van der Waals surface area contributed by atoms with Gasteiger partial charge >= 0.3 is 0 Å². The molecule has 0 saturated carbocycles. The molecule has 6 nitrogen and oxygen atoms in total. The summed E-state index contributed by atoms with van der Waals surface area (Å²) >= 11 is 13.4. The van der Waals surface area contributed by atoms with Crippen LogP contribution in [0.25, 0.3) is 0 Å². The normalized spacial score (nSPS) is 19.5. The van der Waals surface area contributed by atoms with Gasteiger partial charge in [0.15, 0.2) is 0 Å². The number of carbonyl (C=O) groups excluding carboxylic acids is 1. The summed E-state index contributed by atoms with van der Waals surface area (Å²) in [6, 6.07) is 7.74. The van der Waals surface area contributed by atoms with Crippen LogP contribution in [0.2, 0.25) is 10.0 Å². The first-order chi connectivity index (χ1) is 15.9. The topological polar surface area (TPSA) is 71.6 Å². The second-order valence-corrected chi connectivity index (χ2v) is 9.01. The number of anilines is 1. The lowest BCUT2D eigenvalue weighted by Crippen LogP contribution is -2.28. The molecular formula is C25H27Cl2N3O3. The summed E-state index contributed by atoms with van der Waals surface area (Å²) < 4.78 is 10.9. The van der Waals surface area contributed by atoms with E-state index >= 15 is 0 Å². The predicted molar refractivity (Wildman–Crippen MR) is 132 cm³/mol. The third-order valence-corrected chi connectivity index (χ3v) is 7.07. The standard InChI is InChI=1S/C25H27Cl2N3O3/c1-5-21(31)28-17-10-13(2)6-8-15(17)25-16-9-7-14(11-18(16)29-30-25)22-23(26)19(32-3)12-20(33-4)24(22)27/h5-6,8,10,12,14,25,29-30H,1,7,9,11H2,2-4H3,(H,28,31)/t14-,25?/m1/s1. The molecule has 33 heavy (non-hydrogen) atoms. The number of methoxy groups -OCH3 is 2. The van der Waals surface area contributed by atoms with Crippen molar-refractivity contribution in [3.05, 3.63) is 74.9 Å². The molecule has 0 aromatic heterocycles. The fraction of sp³-hybridized carbons (Fsp3) is 0.320. The third kappa shape index (κ3) is 4.43. The summed E-state index contributed by atoms with van der Waals surface area (Å²) in [5.74, 6) is 0.969. The van der Waals surface area contributed by atoms with Gasteiger partial charge in [-0.15, -0.1) is 0 Å². The molecule has 2 aromatic carbocycles. The molecule has 2 atom stereocenters. The van der Waals surface area contributed by atoms with Gasteiger partial charge in [0.05, 0.1) is 30.3 Å². The second kappa shape index (κ2) is 9.67. The molecule has 1 heterocycles. The van der Waals surface area contributed by atoms with E-state index in [9.17, 15) is 4.79 Å². The molecule has 8 heteroatoms. The van der Waals surface area contributed by atoms with Crippen LogP contribution in [-0.2, 0) is 4.79 Å². The van der Waals surface area contributed by atoms with E-state index in [0.717, 1.165) is 47.3 Å². The Morgan fingerprint density at radius 1 is 1.18 bits per heavy atom. The van der Waals surface area contributed by atoms with Crippen LogP contribution in [0.4, 0.5) is 5.69 Å². The van der Waals surface area contributed by atoms with E-state index in [0.29, 0.717) is 21.5 Å². The lowest BCUT2D eigenvalue weighted by Gasteiger charge is -2.28. The minimum absolute atomic E-state index is 0.0487. The predicted octanol–water partition coefficient (Wildman–Crippen LogP) is 5.81. The number of halogens is 2. The Bertz CT molecular complexity index is 1120. The lowest BCUT2D eigenvalue weighted by molar-refractivity contribution is -0.111. The molecule has 0 saturated heterocycles. The zero-order chi connectivity index (χ0) is 23.7. The Kier molecular flexibility index (Phi) is 6.88. The van der Waals surface area contributed by atoms with E-state index in [4.69, 9.17) is 32.7 Å². The molecule has 0 bridgehead atoms. The molecule has 1 aliphatic heterocycles. The first-order valence-electron chi connectivity index (χ1n) is 10.7. The average Bonchev–Trinajstić information content (AvgIpc) is 3.22. The number of allylic oxidation sites excluding steroid dienone is 1. The van der Waals surface area contributed by atoms with E-state index in [-0.39, 0.29) is 17.9 Å². The molecule has 1 amide bonds. The summed E-state index contributed by atoms with van der Waals surface area (Å²) in [4.78, 5) is 12.0. The summed E-state index contributed by atoms with van der Waals surface area (Å²) in [5, 5.41) is 3.98. The van der Waals surface area contributed by atoms with Crippen molar-refractivity contribution in [2.75, 3.05) is 19.5 Å². The Labute approximate surface area is 203 Å². The summed E-state index contributed by atoms with van der Waals surface area (Å²) in [5.41, 5.74) is 12.8. The Balaban J connectivity index is 1.66. The number of benzene rings is 2. The van der Waals surface area contributed by atoms with Crippen molar-refractivity contribution in [1.82, 2.24) is 10.9 Å². The SMILES string of the molecule is C=CC(=O)Nc1cc(C)ccc1C1NNC2=C1CC[C@@H](c1c(Cl)c(OC)cc(OC)c1Cl)C2. The van der Waals surface area contributed by atoms with Gasteiger partial charge in [0, 0.05) is 23.0 Å². The Morgan fingerprint density at radius 2 is 1.88 bits per heavy atom. The van der Waals surface area contributed by atoms with Gasteiger partial charge in [-0.3, -0.25) is 4.79 Å². The summed E-state index contributed by atoms with van der Waals surface area (Å²) in [6.07, 6.45) is 3.74. The van der Waals surface area contributed by atoms with E-state index in [1.165, 1.54) is 11.6 Å². The van der Waals surface area contributed by atoms with Crippen molar-refractivity contribution < 1.29 is 14.3 Å². The van der Waals surface area contributed by atoms with Crippen LogP contribution in [0.3, 0.4) is 0 Å². The van der Waals surface area contributed by atoms with Crippen molar-refractivity contribution in [3.8, 4) is 11.5 Å². The fourth-order valence-electron chi connectivity index (χ4n) is 4.65. The molecule has 0 radical (unpaired) electrons. The number of ether oxygens (including phenoxy) is 2. The van der Waals surface area contributed by atoms with Crippen LogP contribution in [0.1, 0.15) is 47.9 Å². The van der Waals surface area contributed by atoms with Crippen LogP contribution in [0.15, 0.2) is 48.2 Å². The maximum absolute atomic E-state index is 12.0. The zero-order valence-corrected chi connectivity index (χ0v) is 20.4. The Hall–Kier alpha value is -2.67. The molecule has 1 unspecified atom stereocenters. The van der Waals surface area contributed by atoms with Crippen LogP contribution in [-0.4, -0.2) is 20.1 Å². The third-order valence-electron chi connectivity index (χ3n) is 6.30. The van der Waals surface area contributed by atoms with Crippen molar-refractivity contribution >= 4 is 34.8 Å². The molecule has 2 aliphatic rings. The van der Waals surface area contributed by atoms with Crippen molar-refractivity contribution in [3.63, 3.8) is 0 Å². The monoisotopic (exact) mass is 487 g/mol. The zero-order valence-electron chi connectivity index (χ0n) is 18.9. The number of amides is 1. The number of aryl methyl sites for hydroxylation is 1. The largest absolute Gasteiger partial charge is 0.495 e. The van der Waals surface area contributed by atoms with Crippen LogP contribution in [0, 0.1) is 6.92 Å². The molecule has 2 aromatic rings. The van der Waals surface area contributed by atoms with Gasteiger partial charge in [0.2, 0.25) is 5.91 Å². The molecule has 174 valence electrons. The van der Waals surface area contributed by atoms with Crippen molar-refractivity contribution in [2.45, 2.75) is 38.1 Å². The quantitative estimate of drug-likeness (QED) is 0.448. The highest BCUT2D eigenvalue weighted by atomic mass is 35.5. The van der Waals surface area contributed by atoms with Gasteiger partial charge in [-0.05, 0) is 60.9 Å². The van der Waals surface area contributed by atoms with Gasteiger partial charge in [0.1, 0.15) is 11.5 Å². The van der Waals surface area contributed by atoms with Gasteiger partial charge in [-0.2, -0.15) is 0 Å². The molecule has 3 N–H and O–H groups in total. The minimum atomic E-state index is -0.234. The highest BCUT2D eigenvalue weighted by Gasteiger charge is 2.35. The number of rotatable bonds is 6. The first-order valence-corrected chi connectivity index (χ1v) is 11.5. The molecule has 0 fully saturated rings. The van der Waals surface area contributed by atoms with Gasteiger partial charge in [-0.1, -0.05) is 41.9 Å². The molecule has 4 rings (SSSR count). The highest BCUT2D eigenvalue weighted by molar-refractivity contribution is 6.38. The highest BCUT2D eigenvalue weighted by Crippen LogP contribution is 2.50. The van der Waals surface area contributed by atoms with Gasteiger partial charge in [-0.25, -0.2) is 5.43 Å². The number of hydrogen-bond acceptors (Lipinski definition) is 5. The minimum Gasteiger partial charge on any atom is -0.495 e. The van der Waals surface area contributed by atoms with Gasteiger partial charge in [0.25, 0.3) is 0 Å². The number of hydrazine groups is 1. The van der Waals surface area contributed by atoms with E-state index in [1.807, 2.05) is 19.1 Å². The average molecular weight is 488 g/mol. The number of nitrogens with one attached hydrogen (secondary N) is 3. The van der Waals surface area contributed by atoms with E-state index in [1.54, 1.807) is 20.3 Å². The number of carbonyl (C=O) groups is 1. The molecule has 1 aliphatic carbocycles. The van der Waals surface area contributed by atoms with Crippen molar-refractivity contribution in [1.29, 1.82) is 0 Å². The van der Waals surface area contributed by atoms with Crippen molar-refractivity contribution in [2.24, 2.45) is 0 Å². The maximum Gasteiger partial charge on any atom is 0.247 e. The molecular weight excluding hydrogens is 461 g/mol. The lowest BCUT2D eigenvalue weighted by atomic mass is 9.80. The Morgan fingerprint density at radius 3 is 2.52 bits per heavy atom. The van der Waals surface area contributed by atoms with E-state index < -0.39 is 0 Å². The van der Waals surface area contributed by atoms with Crippen LogP contribution >= 0.6 is 23.2 Å². The maximum atomic E-state index is 12.0. The summed E-state index contributed by atoms with van der Waals surface area (Å²) in [7, 11) is 3.16. The second-order valence-electron chi connectivity index (χ2n) is 8.25. The fourth-order valence-corrected chi connectivity index (χ4v) is 5.45. The number of hydrogen-bond donors (Lipinski definition) is 3. The smallest absolute Gasteiger partial charge is 0.247 e.